The smallest absolute Gasteiger partial charge is 0.292 e. The van der Waals surface area contributed by atoms with Crippen molar-refractivity contribution in [3.63, 3.8) is 0 Å². The van der Waals surface area contributed by atoms with Crippen LogP contribution in [0.4, 0.5) is 11.4 Å². The van der Waals surface area contributed by atoms with E-state index in [1.165, 1.54) is 18.2 Å². The lowest BCUT2D eigenvalue weighted by atomic mass is 10.1. The third-order valence-electron chi connectivity index (χ3n) is 3.45. The van der Waals surface area contributed by atoms with Crippen molar-refractivity contribution in [1.29, 1.82) is 0 Å². The molecule has 7 nitrogen and oxygen atoms in total. The van der Waals surface area contributed by atoms with Crippen molar-refractivity contribution in [1.82, 2.24) is 4.90 Å². The van der Waals surface area contributed by atoms with Gasteiger partial charge in [-0.2, -0.15) is 0 Å². The van der Waals surface area contributed by atoms with Crippen molar-refractivity contribution in [2.75, 3.05) is 25.5 Å². The lowest BCUT2D eigenvalue weighted by Crippen LogP contribution is -2.33. The van der Waals surface area contributed by atoms with E-state index in [1.807, 2.05) is 0 Å². The van der Waals surface area contributed by atoms with Crippen LogP contribution in [-0.4, -0.2) is 46.6 Å². The number of likely N-dealkylation sites (tertiary alicyclic amines) is 1. The summed E-state index contributed by atoms with van der Waals surface area (Å²) in [5, 5.41) is 23.4. The van der Waals surface area contributed by atoms with Crippen LogP contribution in [-0.2, 0) is 0 Å². The van der Waals surface area contributed by atoms with Crippen molar-refractivity contribution in [3.8, 4) is 0 Å². The van der Waals surface area contributed by atoms with E-state index in [4.69, 9.17) is 0 Å². The topological polar surface area (TPSA) is 95.7 Å². The van der Waals surface area contributed by atoms with Gasteiger partial charge in [0.25, 0.3) is 11.6 Å². The fraction of sp³-hybridized carbons (Fsp3) is 0.462. The molecule has 0 bridgehead atoms. The van der Waals surface area contributed by atoms with Gasteiger partial charge in [-0.25, -0.2) is 0 Å². The van der Waals surface area contributed by atoms with Gasteiger partial charge in [0.2, 0.25) is 0 Å². The van der Waals surface area contributed by atoms with E-state index >= 15 is 0 Å². The van der Waals surface area contributed by atoms with Gasteiger partial charge in [-0.15, -0.1) is 0 Å². The summed E-state index contributed by atoms with van der Waals surface area (Å²) in [6.45, 7) is 2.45. The Bertz CT molecular complexity index is 557. The molecule has 20 heavy (non-hydrogen) atoms. The number of benzene rings is 1. The molecule has 108 valence electrons. The number of β-amino-alcohol motifs (C(OH)–C–C–N with tert-alkyl or cyclic N) is 1. The molecule has 0 aliphatic carbocycles. The summed E-state index contributed by atoms with van der Waals surface area (Å²) in [4.78, 5) is 24.2. The van der Waals surface area contributed by atoms with Crippen molar-refractivity contribution in [3.05, 3.63) is 33.9 Å². The number of aliphatic hydroxyl groups is 1. The van der Waals surface area contributed by atoms with Crippen LogP contribution in [0.15, 0.2) is 18.2 Å². The molecule has 2 rings (SSSR count). The fourth-order valence-electron chi connectivity index (χ4n) is 2.33. The summed E-state index contributed by atoms with van der Waals surface area (Å²) in [7, 11) is 1.57. The molecule has 0 aromatic heterocycles. The van der Waals surface area contributed by atoms with Crippen molar-refractivity contribution in [2.24, 2.45) is 0 Å². The first kappa shape index (κ1) is 14.3. The second-order valence-corrected chi connectivity index (χ2v) is 5.21. The number of nitrogens with zero attached hydrogens (tertiary/aromatic N) is 2. The molecule has 1 saturated heterocycles. The second kappa shape index (κ2) is 5.09. The second-order valence-electron chi connectivity index (χ2n) is 5.21. The largest absolute Gasteiger partial charge is 0.388 e. The molecular weight excluding hydrogens is 262 g/mol. The number of hydrogen-bond donors (Lipinski definition) is 2. The summed E-state index contributed by atoms with van der Waals surface area (Å²) < 4.78 is 0. The predicted molar refractivity (Wildman–Crippen MR) is 73.8 cm³/mol. The molecule has 1 amide bonds. The highest BCUT2D eigenvalue weighted by Crippen LogP contribution is 2.27. The number of carbonyl (C=O) groups is 1. The van der Waals surface area contributed by atoms with E-state index in [1.54, 1.807) is 18.9 Å². The number of amides is 1. The SMILES string of the molecule is CNc1cc(C(=O)N2CCC(C)(O)C2)ccc1[N+](=O)[O-]. The van der Waals surface area contributed by atoms with Gasteiger partial charge in [-0.1, -0.05) is 0 Å². The zero-order valence-corrected chi connectivity index (χ0v) is 11.4. The van der Waals surface area contributed by atoms with Crippen LogP contribution in [0.25, 0.3) is 0 Å². The number of nitrogens with one attached hydrogen (secondary N) is 1. The minimum absolute atomic E-state index is 0.0718. The summed E-state index contributed by atoms with van der Waals surface area (Å²) in [5.74, 6) is -0.228. The Morgan fingerprint density at radius 1 is 1.55 bits per heavy atom. The number of nitro groups is 1. The number of nitro benzene ring substituents is 1. The molecule has 7 heteroatoms. The average molecular weight is 279 g/mol. The standard InChI is InChI=1S/C13H17N3O4/c1-13(18)5-6-15(8-13)12(17)9-3-4-11(16(19)20)10(7-9)14-2/h3-4,7,14,18H,5-6,8H2,1-2H3. The Labute approximate surface area is 116 Å². The molecule has 1 aromatic carbocycles. The molecule has 1 fully saturated rings. The maximum Gasteiger partial charge on any atom is 0.292 e. The number of anilines is 1. The van der Waals surface area contributed by atoms with Gasteiger partial charge in [-0.3, -0.25) is 14.9 Å². The highest BCUT2D eigenvalue weighted by Gasteiger charge is 2.34. The maximum atomic E-state index is 12.3. The normalized spacial score (nSPS) is 21.9. The molecule has 1 aliphatic heterocycles. The first-order valence-corrected chi connectivity index (χ1v) is 6.32. The van der Waals surface area contributed by atoms with Crippen LogP contribution in [0.2, 0.25) is 0 Å². The monoisotopic (exact) mass is 279 g/mol. The highest BCUT2D eigenvalue weighted by molar-refractivity contribution is 5.96. The predicted octanol–water partition coefficient (Wildman–Crippen LogP) is 1.23. The number of rotatable bonds is 3. The number of hydrogen-bond acceptors (Lipinski definition) is 5. The Morgan fingerprint density at radius 2 is 2.25 bits per heavy atom. The summed E-state index contributed by atoms with van der Waals surface area (Å²) in [6.07, 6.45) is 0.532. The van der Waals surface area contributed by atoms with Crippen LogP contribution >= 0.6 is 0 Å². The van der Waals surface area contributed by atoms with E-state index in [-0.39, 0.29) is 18.1 Å². The lowest BCUT2D eigenvalue weighted by Gasteiger charge is -2.19. The van der Waals surface area contributed by atoms with E-state index in [0.29, 0.717) is 24.2 Å². The van der Waals surface area contributed by atoms with Gasteiger partial charge < -0.3 is 15.3 Å². The van der Waals surface area contributed by atoms with E-state index in [9.17, 15) is 20.0 Å². The minimum atomic E-state index is -0.859. The first-order chi connectivity index (χ1) is 9.34. The third-order valence-corrected chi connectivity index (χ3v) is 3.45. The number of carbonyl (C=O) groups excluding carboxylic acids is 1. The zero-order chi connectivity index (χ0) is 14.9. The van der Waals surface area contributed by atoms with Crippen LogP contribution in [0, 0.1) is 10.1 Å². The van der Waals surface area contributed by atoms with Gasteiger partial charge in [0.1, 0.15) is 5.69 Å². The average Bonchev–Trinajstić information content (AvgIpc) is 2.77. The Kier molecular flexibility index (Phi) is 3.63. The summed E-state index contributed by atoms with van der Waals surface area (Å²) in [6, 6.07) is 4.22. The van der Waals surface area contributed by atoms with Crippen LogP contribution in [0.3, 0.4) is 0 Å². The first-order valence-electron chi connectivity index (χ1n) is 6.32. The quantitative estimate of drug-likeness (QED) is 0.641. The molecule has 1 aromatic rings. The molecule has 0 spiro atoms. The maximum absolute atomic E-state index is 12.3. The van der Waals surface area contributed by atoms with Crippen LogP contribution in [0.1, 0.15) is 23.7 Å². The van der Waals surface area contributed by atoms with Gasteiger partial charge in [-0.05, 0) is 25.5 Å². The van der Waals surface area contributed by atoms with Crippen molar-refractivity contribution in [2.45, 2.75) is 18.9 Å². The van der Waals surface area contributed by atoms with Gasteiger partial charge in [0.05, 0.1) is 10.5 Å². The third kappa shape index (κ3) is 2.72. The molecule has 1 atom stereocenters. The van der Waals surface area contributed by atoms with E-state index in [2.05, 4.69) is 5.32 Å². The Balaban J connectivity index is 2.25. The molecule has 1 heterocycles. The van der Waals surface area contributed by atoms with Gasteiger partial charge >= 0.3 is 0 Å². The Hall–Kier alpha value is -2.15. The van der Waals surface area contributed by atoms with Crippen molar-refractivity contribution < 1.29 is 14.8 Å². The van der Waals surface area contributed by atoms with Gasteiger partial charge in [0.15, 0.2) is 0 Å². The molecule has 1 unspecified atom stereocenters. The van der Waals surface area contributed by atoms with E-state index < -0.39 is 10.5 Å². The minimum Gasteiger partial charge on any atom is -0.388 e. The molecule has 0 radical (unpaired) electrons. The Morgan fingerprint density at radius 3 is 2.75 bits per heavy atom. The highest BCUT2D eigenvalue weighted by atomic mass is 16.6. The van der Waals surface area contributed by atoms with E-state index in [0.717, 1.165) is 0 Å². The molecule has 2 N–H and O–H groups in total. The molecular formula is C13H17N3O4. The van der Waals surface area contributed by atoms with Gasteiger partial charge in [0, 0.05) is 31.8 Å². The van der Waals surface area contributed by atoms with Crippen LogP contribution in [0.5, 0.6) is 0 Å². The molecule has 1 aliphatic rings. The summed E-state index contributed by atoms with van der Waals surface area (Å²) >= 11 is 0. The lowest BCUT2D eigenvalue weighted by molar-refractivity contribution is -0.383. The summed E-state index contributed by atoms with van der Waals surface area (Å²) in [5.41, 5.74) is -0.260. The fourth-order valence-corrected chi connectivity index (χ4v) is 2.33. The zero-order valence-electron chi connectivity index (χ0n) is 11.4. The van der Waals surface area contributed by atoms with Crippen molar-refractivity contribution >= 4 is 17.3 Å². The van der Waals surface area contributed by atoms with Crippen LogP contribution < -0.4 is 5.32 Å². The molecule has 0 saturated carbocycles.